The van der Waals surface area contributed by atoms with Crippen LogP contribution >= 0.6 is 0 Å². The molecule has 3 aromatic rings. The Kier molecular flexibility index (Phi) is 7.12. The number of nitrogens with zero attached hydrogens (tertiary/aromatic N) is 3. The first-order valence-corrected chi connectivity index (χ1v) is 9.92. The highest BCUT2D eigenvalue weighted by molar-refractivity contribution is 6.05. The van der Waals surface area contributed by atoms with Gasteiger partial charge in [-0.05, 0) is 42.3 Å². The van der Waals surface area contributed by atoms with Crippen LogP contribution in [-0.2, 0) is 15.7 Å². The van der Waals surface area contributed by atoms with E-state index in [0.29, 0.717) is 17.1 Å². The Balaban J connectivity index is 1.80. The lowest BCUT2D eigenvalue weighted by Gasteiger charge is -2.13. The number of ether oxygens (including phenoxy) is 1. The number of anilines is 2. The van der Waals surface area contributed by atoms with E-state index in [2.05, 4.69) is 20.7 Å². The molecule has 0 unspecified atom stereocenters. The zero-order valence-electron chi connectivity index (χ0n) is 18.1. The fraction of sp³-hybridized carbons (Fsp3) is 0.273. The number of hydrogen-bond acceptors (Lipinski definition) is 5. The van der Waals surface area contributed by atoms with Crippen LogP contribution in [0, 0.1) is 0 Å². The number of pyridine rings is 1. The second kappa shape index (κ2) is 9.82. The molecule has 0 fully saturated rings. The third-order valence-electron chi connectivity index (χ3n) is 4.59. The van der Waals surface area contributed by atoms with Crippen LogP contribution in [0.5, 0.6) is 0 Å². The normalized spacial score (nSPS) is 11.5. The molecule has 0 saturated heterocycles. The van der Waals surface area contributed by atoms with Gasteiger partial charge in [-0.1, -0.05) is 13.8 Å². The van der Waals surface area contributed by atoms with E-state index in [9.17, 15) is 22.8 Å². The molecule has 0 aliphatic rings. The quantitative estimate of drug-likeness (QED) is 0.548. The number of alkyl halides is 3. The van der Waals surface area contributed by atoms with Crippen LogP contribution in [0.25, 0.3) is 5.82 Å². The molecule has 33 heavy (non-hydrogen) atoms. The molecule has 2 aromatic heterocycles. The zero-order valence-corrected chi connectivity index (χ0v) is 18.1. The molecule has 2 amide bonds. The number of carbonyl (C=O) groups is 2. The molecule has 8 nitrogen and oxygen atoms in total. The first-order valence-electron chi connectivity index (χ1n) is 9.92. The van der Waals surface area contributed by atoms with Gasteiger partial charge in [-0.25, -0.2) is 9.67 Å². The Labute approximate surface area is 187 Å². The Bertz CT molecular complexity index is 1120. The number of hydrogen-bond donors (Lipinski definition) is 2. The van der Waals surface area contributed by atoms with E-state index in [0.717, 1.165) is 12.3 Å². The molecule has 0 bridgehead atoms. The largest absolute Gasteiger partial charge is 0.417 e. The van der Waals surface area contributed by atoms with Gasteiger partial charge in [-0.3, -0.25) is 9.59 Å². The van der Waals surface area contributed by atoms with Gasteiger partial charge in [-0.15, -0.1) is 0 Å². The lowest BCUT2D eigenvalue weighted by atomic mass is 10.1. The minimum Gasteiger partial charge on any atom is -0.375 e. The number of benzene rings is 1. The van der Waals surface area contributed by atoms with E-state index in [4.69, 9.17) is 4.74 Å². The summed E-state index contributed by atoms with van der Waals surface area (Å²) in [6, 6.07) is 8.62. The van der Waals surface area contributed by atoms with Crippen LogP contribution in [0.3, 0.4) is 0 Å². The van der Waals surface area contributed by atoms with Gasteiger partial charge in [0.05, 0.1) is 23.0 Å². The Morgan fingerprint density at radius 1 is 1.03 bits per heavy atom. The average Bonchev–Trinajstić information content (AvgIpc) is 3.20. The number of carbonyl (C=O) groups excluding carboxylic acids is 2. The summed E-state index contributed by atoms with van der Waals surface area (Å²) in [7, 11) is 1.42. The first-order chi connectivity index (χ1) is 15.6. The molecular formula is C22H22F3N5O3. The van der Waals surface area contributed by atoms with Crippen LogP contribution < -0.4 is 10.6 Å². The van der Waals surface area contributed by atoms with E-state index in [1.165, 1.54) is 24.1 Å². The van der Waals surface area contributed by atoms with Gasteiger partial charge in [0.1, 0.15) is 6.61 Å². The van der Waals surface area contributed by atoms with Crippen LogP contribution in [0.1, 0.15) is 41.4 Å². The molecule has 2 N–H and O–H groups in total. The number of amides is 2. The SMILES string of the molecule is COCC(=O)Nc1ccc(NC(=O)c2cnn(-c3ccc(C(F)(F)F)cn3)c2C(C)C)cc1. The van der Waals surface area contributed by atoms with E-state index in [1.54, 1.807) is 24.3 Å². The van der Waals surface area contributed by atoms with Crippen molar-refractivity contribution in [1.82, 2.24) is 14.8 Å². The summed E-state index contributed by atoms with van der Waals surface area (Å²) < 4.78 is 44.6. The molecule has 1 aromatic carbocycles. The van der Waals surface area contributed by atoms with Crippen molar-refractivity contribution in [2.24, 2.45) is 0 Å². The second-order valence-corrected chi connectivity index (χ2v) is 7.43. The summed E-state index contributed by atoms with van der Waals surface area (Å²) in [4.78, 5) is 28.3. The predicted octanol–water partition coefficient (Wildman–Crippen LogP) is 4.25. The Morgan fingerprint density at radius 2 is 1.67 bits per heavy atom. The third-order valence-corrected chi connectivity index (χ3v) is 4.59. The van der Waals surface area contributed by atoms with E-state index >= 15 is 0 Å². The predicted molar refractivity (Wildman–Crippen MR) is 115 cm³/mol. The zero-order chi connectivity index (χ0) is 24.2. The molecule has 174 valence electrons. The molecule has 0 saturated carbocycles. The summed E-state index contributed by atoms with van der Waals surface area (Å²) in [5.74, 6) is -0.745. The fourth-order valence-corrected chi connectivity index (χ4v) is 3.11. The lowest BCUT2D eigenvalue weighted by Crippen LogP contribution is -2.17. The lowest BCUT2D eigenvalue weighted by molar-refractivity contribution is -0.137. The van der Waals surface area contributed by atoms with Gasteiger partial charge in [0.25, 0.3) is 5.91 Å². The number of halogens is 3. The second-order valence-electron chi connectivity index (χ2n) is 7.43. The van der Waals surface area contributed by atoms with Crippen molar-refractivity contribution in [2.75, 3.05) is 24.4 Å². The summed E-state index contributed by atoms with van der Waals surface area (Å²) >= 11 is 0. The summed E-state index contributed by atoms with van der Waals surface area (Å²) in [5, 5.41) is 9.58. The third kappa shape index (κ3) is 5.75. The average molecular weight is 461 g/mol. The molecule has 11 heteroatoms. The summed E-state index contributed by atoms with van der Waals surface area (Å²) in [5.41, 5.74) is 0.927. The Hall–Kier alpha value is -3.73. The van der Waals surface area contributed by atoms with E-state index in [1.807, 2.05) is 13.8 Å². The van der Waals surface area contributed by atoms with Gasteiger partial charge >= 0.3 is 6.18 Å². The molecule has 0 atom stereocenters. The first kappa shape index (κ1) is 23.9. The molecular weight excluding hydrogens is 439 g/mol. The van der Waals surface area contributed by atoms with E-state index in [-0.39, 0.29) is 29.8 Å². The van der Waals surface area contributed by atoms with Crippen LogP contribution in [0.2, 0.25) is 0 Å². The van der Waals surface area contributed by atoms with Gasteiger partial charge in [-0.2, -0.15) is 18.3 Å². The maximum absolute atomic E-state index is 12.9. The maximum atomic E-state index is 12.9. The van der Waals surface area contributed by atoms with Gasteiger partial charge in [0.15, 0.2) is 5.82 Å². The number of methoxy groups -OCH3 is 1. The van der Waals surface area contributed by atoms with Crippen molar-refractivity contribution in [1.29, 1.82) is 0 Å². The highest BCUT2D eigenvalue weighted by Crippen LogP contribution is 2.29. The molecule has 0 aliphatic heterocycles. The van der Waals surface area contributed by atoms with Crippen molar-refractivity contribution in [2.45, 2.75) is 25.9 Å². The molecule has 3 rings (SSSR count). The summed E-state index contributed by atoms with van der Waals surface area (Å²) in [6.45, 7) is 3.60. The Morgan fingerprint density at radius 3 is 2.18 bits per heavy atom. The number of nitrogens with one attached hydrogen (secondary N) is 2. The van der Waals surface area contributed by atoms with Gasteiger partial charge in [0, 0.05) is 24.7 Å². The highest BCUT2D eigenvalue weighted by atomic mass is 19.4. The topological polar surface area (TPSA) is 98.1 Å². The summed E-state index contributed by atoms with van der Waals surface area (Å²) in [6.07, 6.45) is -2.42. The minimum atomic E-state index is -4.50. The maximum Gasteiger partial charge on any atom is 0.417 e. The van der Waals surface area contributed by atoms with E-state index < -0.39 is 17.6 Å². The standard InChI is InChI=1S/C22H22F3N5O3/c1-13(2)20-17(11-27-30(20)18-9-4-14(10-26-18)22(23,24)25)21(32)29-16-7-5-15(6-8-16)28-19(31)12-33-3/h4-11,13H,12H2,1-3H3,(H,28,31)(H,29,32). The number of rotatable bonds is 7. The fourth-order valence-electron chi connectivity index (χ4n) is 3.11. The number of aromatic nitrogens is 3. The molecule has 2 heterocycles. The van der Waals surface area contributed by atoms with Crippen molar-refractivity contribution in [3.05, 3.63) is 65.6 Å². The van der Waals surface area contributed by atoms with Crippen LogP contribution in [-0.4, -0.2) is 40.3 Å². The van der Waals surface area contributed by atoms with Crippen molar-refractivity contribution < 1.29 is 27.5 Å². The molecule has 0 aliphatic carbocycles. The van der Waals surface area contributed by atoms with Crippen molar-refractivity contribution in [3.8, 4) is 5.82 Å². The van der Waals surface area contributed by atoms with Crippen molar-refractivity contribution >= 4 is 23.2 Å². The van der Waals surface area contributed by atoms with Gasteiger partial charge < -0.3 is 15.4 Å². The van der Waals surface area contributed by atoms with Crippen LogP contribution in [0.4, 0.5) is 24.5 Å². The molecule has 0 radical (unpaired) electrons. The monoisotopic (exact) mass is 461 g/mol. The smallest absolute Gasteiger partial charge is 0.375 e. The minimum absolute atomic E-state index is 0.0752. The van der Waals surface area contributed by atoms with Gasteiger partial charge in [0.2, 0.25) is 5.91 Å². The van der Waals surface area contributed by atoms with Crippen LogP contribution in [0.15, 0.2) is 48.8 Å². The van der Waals surface area contributed by atoms with Crippen molar-refractivity contribution in [3.63, 3.8) is 0 Å². The molecule has 0 spiro atoms. The highest BCUT2D eigenvalue weighted by Gasteiger charge is 2.31.